The number of nitrogens with one attached hydrogen (secondary N) is 1. The molecule has 1 N–H and O–H groups in total. The second kappa shape index (κ2) is 8.29. The number of piperidine rings is 1. The molecule has 7 heteroatoms. The van der Waals surface area contributed by atoms with E-state index in [1.165, 1.54) is 49.9 Å². The molecule has 2 fully saturated rings. The quantitative estimate of drug-likeness (QED) is 0.646. The summed E-state index contributed by atoms with van der Waals surface area (Å²) in [5.41, 5.74) is 0.300. The van der Waals surface area contributed by atoms with Crippen LogP contribution in [0.3, 0.4) is 0 Å². The van der Waals surface area contributed by atoms with E-state index in [9.17, 15) is 19.7 Å². The number of hydrogen-bond acceptors (Lipinski definition) is 4. The van der Waals surface area contributed by atoms with Gasteiger partial charge in [-0.15, -0.1) is 0 Å². The molecule has 3 rings (SSSR count). The molecule has 26 heavy (non-hydrogen) atoms. The van der Waals surface area contributed by atoms with Crippen molar-refractivity contribution in [2.45, 2.75) is 38.5 Å². The Balaban J connectivity index is 1.43. The summed E-state index contributed by atoms with van der Waals surface area (Å²) in [4.78, 5) is 36.6. The van der Waals surface area contributed by atoms with Crippen LogP contribution in [-0.4, -0.2) is 41.3 Å². The Bertz CT molecular complexity index is 674. The number of likely N-dealkylation sites (tertiary alicyclic amines) is 1. The molecule has 1 saturated carbocycles. The van der Waals surface area contributed by atoms with Crippen LogP contribution in [0.4, 0.5) is 5.69 Å². The minimum atomic E-state index is -0.504. The number of fused-ring (bicyclic) bond motifs is 1. The van der Waals surface area contributed by atoms with E-state index in [1.807, 2.05) is 4.90 Å². The lowest BCUT2D eigenvalue weighted by molar-refractivity contribution is -0.384. The van der Waals surface area contributed by atoms with Gasteiger partial charge in [0.2, 0.25) is 5.91 Å². The Morgan fingerprint density at radius 2 is 1.81 bits per heavy atom. The molecule has 2 aliphatic rings. The van der Waals surface area contributed by atoms with Crippen molar-refractivity contribution in [2.24, 2.45) is 11.8 Å². The highest BCUT2D eigenvalue weighted by Gasteiger charge is 2.32. The Morgan fingerprint density at radius 1 is 1.12 bits per heavy atom. The Labute approximate surface area is 152 Å². The standard InChI is InChI=1S/C19H25N3O4/c23-18(21-12-10-14-3-1-2-4-16(14)13-21)9-11-20-19(24)15-5-7-17(8-6-15)22(25)26/h5-8,14,16H,1-4,9-13H2,(H,20,24)/t14-,16-/m0/s1. The number of nitro benzene ring substituents is 1. The minimum absolute atomic E-state index is 0.0529. The van der Waals surface area contributed by atoms with Gasteiger partial charge in [-0.1, -0.05) is 19.3 Å². The van der Waals surface area contributed by atoms with Crippen molar-refractivity contribution in [1.29, 1.82) is 0 Å². The SMILES string of the molecule is O=C(NCCC(=O)N1CC[C@@H]2CCCC[C@H]2C1)c1ccc([N+](=O)[O-])cc1. The van der Waals surface area contributed by atoms with E-state index in [0.29, 0.717) is 11.5 Å². The predicted octanol–water partition coefficient (Wildman–Crippen LogP) is 2.75. The van der Waals surface area contributed by atoms with Crippen LogP contribution < -0.4 is 5.32 Å². The monoisotopic (exact) mass is 359 g/mol. The molecule has 1 aliphatic carbocycles. The number of amides is 2. The number of carbonyl (C=O) groups is 2. The maximum atomic E-state index is 12.4. The molecule has 0 bridgehead atoms. The number of non-ortho nitro benzene ring substituents is 1. The molecule has 0 unspecified atom stereocenters. The van der Waals surface area contributed by atoms with Crippen LogP contribution in [0.5, 0.6) is 0 Å². The van der Waals surface area contributed by atoms with Crippen molar-refractivity contribution in [1.82, 2.24) is 10.2 Å². The summed E-state index contributed by atoms with van der Waals surface area (Å²) in [6.07, 6.45) is 6.52. The fourth-order valence-corrected chi connectivity index (χ4v) is 4.11. The summed E-state index contributed by atoms with van der Waals surface area (Å²) >= 11 is 0. The molecule has 2 amide bonds. The van der Waals surface area contributed by atoms with Gasteiger partial charge in [-0.25, -0.2) is 0 Å². The predicted molar refractivity (Wildman–Crippen MR) is 96.7 cm³/mol. The van der Waals surface area contributed by atoms with Gasteiger partial charge in [0.25, 0.3) is 11.6 Å². The van der Waals surface area contributed by atoms with Gasteiger partial charge in [0.15, 0.2) is 0 Å². The number of nitro groups is 1. The summed E-state index contributed by atoms with van der Waals surface area (Å²) in [5.74, 6) is 1.21. The molecule has 1 aromatic carbocycles. The molecule has 1 saturated heterocycles. The minimum Gasteiger partial charge on any atom is -0.352 e. The first-order chi connectivity index (χ1) is 12.5. The van der Waals surface area contributed by atoms with Gasteiger partial charge >= 0.3 is 0 Å². The van der Waals surface area contributed by atoms with Crippen molar-refractivity contribution in [3.63, 3.8) is 0 Å². The number of hydrogen-bond donors (Lipinski definition) is 1. The van der Waals surface area contributed by atoms with Gasteiger partial charge in [0.1, 0.15) is 0 Å². The van der Waals surface area contributed by atoms with E-state index >= 15 is 0 Å². The van der Waals surface area contributed by atoms with E-state index < -0.39 is 4.92 Å². The summed E-state index contributed by atoms with van der Waals surface area (Å²) < 4.78 is 0. The van der Waals surface area contributed by atoms with Crippen LogP contribution in [-0.2, 0) is 4.79 Å². The molecular formula is C19H25N3O4. The first-order valence-electron chi connectivity index (χ1n) is 9.35. The van der Waals surface area contributed by atoms with Crippen molar-refractivity contribution in [3.05, 3.63) is 39.9 Å². The summed E-state index contributed by atoms with van der Waals surface area (Å²) in [6.45, 7) is 1.97. The van der Waals surface area contributed by atoms with Crippen molar-refractivity contribution >= 4 is 17.5 Å². The second-order valence-corrected chi connectivity index (χ2v) is 7.24. The smallest absolute Gasteiger partial charge is 0.269 e. The second-order valence-electron chi connectivity index (χ2n) is 7.24. The highest BCUT2D eigenvalue weighted by Crippen LogP contribution is 2.36. The third-order valence-electron chi connectivity index (χ3n) is 5.61. The van der Waals surface area contributed by atoms with Crippen molar-refractivity contribution in [3.8, 4) is 0 Å². The fourth-order valence-electron chi connectivity index (χ4n) is 4.11. The van der Waals surface area contributed by atoms with Crippen LogP contribution in [0.25, 0.3) is 0 Å². The average Bonchev–Trinajstić information content (AvgIpc) is 2.67. The molecule has 0 aromatic heterocycles. The lowest BCUT2D eigenvalue weighted by Crippen LogP contribution is -2.45. The molecule has 0 spiro atoms. The summed E-state index contributed by atoms with van der Waals surface area (Å²) in [6, 6.07) is 5.44. The Kier molecular flexibility index (Phi) is 5.85. The van der Waals surface area contributed by atoms with Gasteiger partial charge in [-0.05, 0) is 36.8 Å². The number of benzene rings is 1. The van der Waals surface area contributed by atoms with Crippen LogP contribution in [0.15, 0.2) is 24.3 Å². The summed E-state index contributed by atoms with van der Waals surface area (Å²) in [7, 11) is 0. The number of nitrogens with zero attached hydrogens (tertiary/aromatic N) is 2. The zero-order valence-corrected chi connectivity index (χ0v) is 14.9. The zero-order chi connectivity index (χ0) is 18.5. The molecule has 1 aliphatic heterocycles. The van der Waals surface area contributed by atoms with Gasteiger partial charge < -0.3 is 10.2 Å². The zero-order valence-electron chi connectivity index (χ0n) is 14.9. The highest BCUT2D eigenvalue weighted by molar-refractivity contribution is 5.94. The van der Waals surface area contributed by atoms with Gasteiger partial charge in [0.05, 0.1) is 4.92 Å². The highest BCUT2D eigenvalue weighted by atomic mass is 16.6. The third kappa shape index (κ3) is 4.39. The Hall–Kier alpha value is -2.44. The normalized spacial score (nSPS) is 22.4. The molecule has 0 radical (unpaired) electrons. The Morgan fingerprint density at radius 3 is 2.50 bits per heavy atom. The van der Waals surface area contributed by atoms with E-state index in [0.717, 1.165) is 25.4 Å². The fraction of sp³-hybridized carbons (Fsp3) is 0.579. The third-order valence-corrected chi connectivity index (χ3v) is 5.61. The number of rotatable bonds is 5. The lowest BCUT2D eigenvalue weighted by Gasteiger charge is -2.41. The van der Waals surface area contributed by atoms with Crippen LogP contribution in [0, 0.1) is 22.0 Å². The first-order valence-corrected chi connectivity index (χ1v) is 9.35. The van der Waals surface area contributed by atoms with Gasteiger partial charge in [-0.2, -0.15) is 0 Å². The largest absolute Gasteiger partial charge is 0.352 e. The van der Waals surface area contributed by atoms with Crippen LogP contribution >= 0.6 is 0 Å². The molecule has 1 aromatic rings. The van der Waals surface area contributed by atoms with Gasteiger partial charge in [0, 0.05) is 43.8 Å². The van der Waals surface area contributed by atoms with E-state index in [-0.39, 0.29) is 30.5 Å². The maximum Gasteiger partial charge on any atom is 0.269 e. The maximum absolute atomic E-state index is 12.4. The summed E-state index contributed by atoms with van der Waals surface area (Å²) in [5, 5.41) is 13.3. The lowest BCUT2D eigenvalue weighted by atomic mass is 9.75. The van der Waals surface area contributed by atoms with Gasteiger partial charge in [-0.3, -0.25) is 19.7 Å². The van der Waals surface area contributed by atoms with Crippen LogP contribution in [0.1, 0.15) is 48.9 Å². The van der Waals surface area contributed by atoms with Crippen molar-refractivity contribution < 1.29 is 14.5 Å². The van der Waals surface area contributed by atoms with E-state index in [4.69, 9.17) is 0 Å². The molecule has 140 valence electrons. The van der Waals surface area contributed by atoms with Crippen LogP contribution in [0.2, 0.25) is 0 Å². The topological polar surface area (TPSA) is 92.6 Å². The molecule has 1 heterocycles. The number of carbonyl (C=O) groups excluding carboxylic acids is 2. The average molecular weight is 359 g/mol. The van der Waals surface area contributed by atoms with Crippen molar-refractivity contribution in [2.75, 3.05) is 19.6 Å². The molecular weight excluding hydrogens is 334 g/mol. The molecule has 2 atom stereocenters. The first kappa shape index (κ1) is 18.4. The van der Waals surface area contributed by atoms with E-state index in [1.54, 1.807) is 0 Å². The van der Waals surface area contributed by atoms with E-state index in [2.05, 4.69) is 5.32 Å². The molecule has 7 nitrogen and oxygen atoms in total.